The molecular weight excluding hydrogens is 277 g/mol. The number of carbonyl (C=O) groups excluding carboxylic acids is 1. The van der Waals surface area contributed by atoms with Gasteiger partial charge in [-0.3, -0.25) is 0 Å². The smallest absolute Gasteiger partial charge is 0.234 e. The van der Waals surface area contributed by atoms with Gasteiger partial charge in [-0.2, -0.15) is 8.78 Å². The highest BCUT2D eigenvalue weighted by Gasteiger charge is 2.25. The lowest BCUT2D eigenvalue weighted by atomic mass is 9.92. The van der Waals surface area contributed by atoms with Crippen LogP contribution in [0.25, 0.3) is 5.57 Å². The predicted octanol–water partition coefficient (Wildman–Crippen LogP) is 4.60. The molecule has 1 nitrogen and oxygen atoms in total. The Morgan fingerprint density at radius 1 is 1.45 bits per heavy atom. The lowest BCUT2D eigenvalue weighted by Crippen LogP contribution is -2.06. The third kappa shape index (κ3) is 4.67. The molecule has 0 aliphatic heterocycles. The summed E-state index contributed by atoms with van der Waals surface area (Å²) < 4.78 is 26.8. The van der Waals surface area contributed by atoms with Crippen LogP contribution in [0.5, 0.6) is 0 Å². The monoisotopic (exact) mass is 296 g/mol. The minimum Gasteiger partial charge on any atom is -0.234 e. The summed E-state index contributed by atoms with van der Waals surface area (Å²) in [6.45, 7) is 5.95. The molecule has 1 rings (SSSR count). The van der Waals surface area contributed by atoms with Crippen molar-refractivity contribution in [3.8, 4) is 0 Å². The molecule has 0 saturated carbocycles. The Morgan fingerprint density at radius 2 is 2.10 bits per heavy atom. The lowest BCUT2D eigenvalue weighted by Gasteiger charge is -2.17. The van der Waals surface area contributed by atoms with Crippen LogP contribution < -0.4 is 0 Å². The van der Waals surface area contributed by atoms with E-state index >= 15 is 0 Å². The molecule has 0 heterocycles. The van der Waals surface area contributed by atoms with Gasteiger partial charge in [0, 0.05) is 11.6 Å². The molecule has 0 fully saturated rings. The predicted molar refractivity (Wildman–Crippen MR) is 82.5 cm³/mol. The second-order valence-corrected chi connectivity index (χ2v) is 5.95. The Morgan fingerprint density at radius 3 is 2.60 bits per heavy atom. The average molecular weight is 296 g/mol. The van der Waals surface area contributed by atoms with E-state index in [-0.39, 0.29) is 5.56 Å². The fourth-order valence-electron chi connectivity index (χ4n) is 2.02. The van der Waals surface area contributed by atoms with Crippen LogP contribution >= 0.6 is 9.24 Å². The Bertz CT molecular complexity index is 550. The minimum atomic E-state index is -2.95. The van der Waals surface area contributed by atoms with Gasteiger partial charge in [0.05, 0.1) is 0 Å². The van der Waals surface area contributed by atoms with Crippen LogP contribution in [0.3, 0.4) is 0 Å². The molecule has 1 aromatic carbocycles. The molecule has 0 aromatic heterocycles. The van der Waals surface area contributed by atoms with E-state index in [2.05, 4.69) is 13.8 Å². The topological polar surface area (TPSA) is 17.1 Å². The molecule has 0 amide bonds. The number of hydrogen-bond donors (Lipinski definition) is 0. The van der Waals surface area contributed by atoms with Gasteiger partial charge in [0.1, 0.15) is 5.94 Å². The molecular formula is C16H19F2OP. The number of alkyl halides is 2. The first-order chi connectivity index (χ1) is 9.25. The summed E-state index contributed by atoms with van der Waals surface area (Å²) in [4.78, 5) is 10.3. The van der Waals surface area contributed by atoms with Crippen molar-refractivity contribution in [1.29, 1.82) is 0 Å². The van der Waals surface area contributed by atoms with Crippen LogP contribution in [0.1, 0.15) is 37.5 Å². The van der Waals surface area contributed by atoms with Gasteiger partial charge in [0.15, 0.2) is 0 Å². The molecule has 4 heteroatoms. The second kappa shape index (κ2) is 6.92. The summed E-state index contributed by atoms with van der Waals surface area (Å²) in [5, 5.41) is 0. The van der Waals surface area contributed by atoms with E-state index in [9.17, 15) is 13.6 Å². The van der Waals surface area contributed by atoms with Crippen molar-refractivity contribution in [3.05, 3.63) is 47.0 Å². The lowest BCUT2D eigenvalue weighted by molar-refractivity contribution is 0.104. The Labute approximate surface area is 121 Å². The van der Waals surface area contributed by atoms with Crippen molar-refractivity contribution in [2.75, 3.05) is 0 Å². The molecule has 0 radical (unpaired) electrons. The van der Waals surface area contributed by atoms with E-state index in [1.165, 1.54) is 18.2 Å². The summed E-state index contributed by atoms with van der Waals surface area (Å²) in [5.41, 5.74) is -0.463. The van der Waals surface area contributed by atoms with Crippen molar-refractivity contribution in [2.24, 2.45) is 5.92 Å². The van der Waals surface area contributed by atoms with Gasteiger partial charge in [-0.05, 0) is 48.1 Å². The van der Waals surface area contributed by atoms with Gasteiger partial charge in [-0.15, -0.1) is 0 Å². The summed E-state index contributed by atoms with van der Waals surface area (Å²) in [6, 6.07) is 4.69. The molecule has 20 heavy (non-hydrogen) atoms. The van der Waals surface area contributed by atoms with E-state index in [0.29, 0.717) is 5.92 Å². The van der Waals surface area contributed by atoms with Gasteiger partial charge < -0.3 is 0 Å². The van der Waals surface area contributed by atoms with Crippen LogP contribution in [-0.2, 0) is 16.9 Å². The number of hydrogen-bond acceptors (Lipinski definition) is 1. The van der Waals surface area contributed by atoms with Gasteiger partial charge in [0.2, 0.25) is 0 Å². The summed E-state index contributed by atoms with van der Waals surface area (Å²) in [6.07, 6.45) is 3.64. The van der Waals surface area contributed by atoms with Crippen LogP contribution in [0, 0.1) is 5.92 Å². The molecule has 1 aromatic rings. The van der Waals surface area contributed by atoms with E-state index in [1.807, 2.05) is 0 Å². The largest absolute Gasteiger partial charge is 0.283 e. The maximum atomic E-state index is 13.4. The maximum Gasteiger partial charge on any atom is 0.283 e. The highest BCUT2D eigenvalue weighted by Crippen LogP contribution is 2.37. The zero-order valence-electron chi connectivity index (χ0n) is 11.9. The first kappa shape index (κ1) is 16.8. The van der Waals surface area contributed by atoms with E-state index in [0.717, 1.165) is 23.1 Å². The van der Waals surface area contributed by atoms with Crippen molar-refractivity contribution in [3.63, 3.8) is 0 Å². The highest BCUT2D eigenvalue weighted by molar-refractivity contribution is 7.17. The van der Waals surface area contributed by atoms with Gasteiger partial charge in [-0.25, -0.2) is 4.79 Å². The third-order valence-corrected chi connectivity index (χ3v) is 3.28. The number of benzene rings is 1. The van der Waals surface area contributed by atoms with Gasteiger partial charge in [-0.1, -0.05) is 35.2 Å². The number of allylic oxidation sites excluding steroid dienone is 3. The quantitative estimate of drug-likeness (QED) is 0.441. The summed E-state index contributed by atoms with van der Waals surface area (Å²) >= 11 is 0. The Balaban J connectivity index is 3.36. The van der Waals surface area contributed by atoms with Crippen molar-refractivity contribution in [1.82, 2.24) is 0 Å². The molecule has 0 bridgehead atoms. The highest BCUT2D eigenvalue weighted by atomic mass is 31.0. The average Bonchev–Trinajstić information content (AvgIpc) is 2.34. The Kier molecular flexibility index (Phi) is 5.80. The SMILES string of the molecule is C/C(=C\C=C=O)c1cc(C(F)(F)P)ccc1CC(C)C. The first-order valence-corrected chi connectivity index (χ1v) is 7.01. The molecule has 0 spiro atoms. The van der Waals surface area contributed by atoms with E-state index < -0.39 is 5.66 Å². The molecule has 1 atom stereocenters. The maximum absolute atomic E-state index is 13.4. The van der Waals surface area contributed by atoms with Crippen molar-refractivity contribution >= 4 is 20.8 Å². The normalized spacial score (nSPS) is 12.4. The molecule has 0 N–H and O–H groups in total. The van der Waals surface area contributed by atoms with Crippen molar-refractivity contribution in [2.45, 2.75) is 32.9 Å². The first-order valence-electron chi connectivity index (χ1n) is 6.44. The zero-order valence-corrected chi connectivity index (χ0v) is 13.1. The fraction of sp³-hybridized carbons (Fsp3) is 0.375. The van der Waals surface area contributed by atoms with Crippen LogP contribution in [0.4, 0.5) is 8.78 Å². The van der Waals surface area contributed by atoms with Gasteiger partial charge in [0.25, 0.3) is 5.66 Å². The van der Waals surface area contributed by atoms with Crippen molar-refractivity contribution < 1.29 is 13.6 Å². The number of rotatable bonds is 5. The molecule has 0 saturated heterocycles. The molecule has 0 aliphatic carbocycles. The Hall–Kier alpha value is -1.30. The van der Waals surface area contributed by atoms with Gasteiger partial charge >= 0.3 is 0 Å². The van der Waals surface area contributed by atoms with E-state index in [4.69, 9.17) is 0 Å². The number of halogens is 2. The second-order valence-electron chi connectivity index (χ2n) is 5.23. The third-order valence-electron chi connectivity index (χ3n) is 2.95. The zero-order chi connectivity index (χ0) is 15.3. The summed E-state index contributed by atoms with van der Waals surface area (Å²) in [7, 11) is 1.55. The molecule has 108 valence electrons. The minimum absolute atomic E-state index is 0.0483. The van der Waals surface area contributed by atoms with Crippen LogP contribution in [0.15, 0.2) is 30.4 Å². The molecule has 1 unspecified atom stereocenters. The standard InChI is InChI=1S/C16H19F2OP/c1-11(2)9-13-6-7-14(16(17,18)20)10-15(13)12(3)5-4-8-19/h4-7,10-11H,9,20H2,1-3H3/b12-5+. The summed E-state index contributed by atoms with van der Waals surface area (Å²) in [5.74, 6) is 2.09. The van der Waals surface area contributed by atoms with Crippen LogP contribution in [-0.4, -0.2) is 5.94 Å². The van der Waals surface area contributed by atoms with Crippen LogP contribution in [0.2, 0.25) is 0 Å². The molecule has 0 aliphatic rings. The van der Waals surface area contributed by atoms with E-state index in [1.54, 1.807) is 34.2 Å². The fourth-order valence-corrected chi connectivity index (χ4v) is 2.20.